The lowest BCUT2D eigenvalue weighted by Crippen LogP contribution is -2.38. The summed E-state index contributed by atoms with van der Waals surface area (Å²) in [5.41, 5.74) is 0.980. The van der Waals surface area contributed by atoms with Gasteiger partial charge in [-0.05, 0) is 64.5 Å². The molecule has 0 saturated heterocycles. The molecule has 8 heteroatoms. The van der Waals surface area contributed by atoms with E-state index in [0.717, 1.165) is 15.8 Å². The molecule has 0 unspecified atom stereocenters. The summed E-state index contributed by atoms with van der Waals surface area (Å²) in [5.74, 6) is 1.22. The van der Waals surface area contributed by atoms with Gasteiger partial charge in [-0.3, -0.25) is 10.1 Å². The van der Waals surface area contributed by atoms with Gasteiger partial charge in [-0.1, -0.05) is 28.1 Å². The SMILES string of the molecule is O=C(NC(=S)NCc1ccc(-c2ccc(Br)cc2)o1)c1ccc(Br)o1. The third kappa shape index (κ3) is 4.81. The molecule has 5 nitrogen and oxygen atoms in total. The van der Waals surface area contributed by atoms with Gasteiger partial charge in [0.1, 0.15) is 11.5 Å². The second-order valence-corrected chi connectivity index (χ2v) is 7.12. The van der Waals surface area contributed by atoms with E-state index < -0.39 is 5.91 Å². The molecule has 2 N–H and O–H groups in total. The normalized spacial score (nSPS) is 10.5. The highest BCUT2D eigenvalue weighted by Crippen LogP contribution is 2.23. The van der Waals surface area contributed by atoms with Crippen molar-refractivity contribution < 1.29 is 13.6 Å². The number of halogens is 2. The van der Waals surface area contributed by atoms with Gasteiger partial charge in [-0.2, -0.15) is 0 Å². The Kier molecular flexibility index (Phi) is 5.72. The Labute approximate surface area is 166 Å². The van der Waals surface area contributed by atoms with Gasteiger partial charge in [-0.15, -0.1) is 0 Å². The number of furan rings is 2. The van der Waals surface area contributed by atoms with Crippen molar-refractivity contribution >= 4 is 55.1 Å². The van der Waals surface area contributed by atoms with Gasteiger partial charge in [0.05, 0.1) is 6.54 Å². The smallest absolute Gasteiger partial charge is 0.293 e. The van der Waals surface area contributed by atoms with Crippen LogP contribution in [-0.2, 0) is 6.54 Å². The first-order valence-electron chi connectivity index (χ1n) is 7.20. The molecule has 0 radical (unpaired) electrons. The van der Waals surface area contributed by atoms with Gasteiger partial charge in [0.15, 0.2) is 15.5 Å². The Morgan fingerprint density at radius 2 is 1.76 bits per heavy atom. The van der Waals surface area contributed by atoms with Crippen molar-refractivity contribution in [1.82, 2.24) is 10.6 Å². The Morgan fingerprint density at radius 1 is 1.00 bits per heavy atom. The second kappa shape index (κ2) is 7.99. The topological polar surface area (TPSA) is 67.4 Å². The predicted octanol–water partition coefficient (Wildman–Crippen LogP) is 4.87. The summed E-state index contributed by atoms with van der Waals surface area (Å²) < 4.78 is 12.4. The van der Waals surface area contributed by atoms with Crippen LogP contribution in [0.1, 0.15) is 16.3 Å². The van der Waals surface area contributed by atoms with Crippen molar-refractivity contribution in [2.45, 2.75) is 6.54 Å². The highest BCUT2D eigenvalue weighted by Gasteiger charge is 2.12. The largest absolute Gasteiger partial charge is 0.459 e. The van der Waals surface area contributed by atoms with Crippen molar-refractivity contribution in [2.75, 3.05) is 0 Å². The van der Waals surface area contributed by atoms with E-state index in [1.165, 1.54) is 0 Å². The molecule has 3 rings (SSSR count). The summed E-state index contributed by atoms with van der Waals surface area (Å²) in [7, 11) is 0. The zero-order valence-corrected chi connectivity index (χ0v) is 16.7. The van der Waals surface area contributed by atoms with Crippen LogP contribution in [0.15, 0.2) is 66.5 Å². The van der Waals surface area contributed by atoms with E-state index in [-0.39, 0.29) is 10.9 Å². The molecular weight excluding hydrogens is 472 g/mol. The van der Waals surface area contributed by atoms with Crippen LogP contribution >= 0.6 is 44.1 Å². The molecule has 0 spiro atoms. The maximum atomic E-state index is 11.9. The predicted molar refractivity (Wildman–Crippen MR) is 105 cm³/mol. The molecule has 0 bridgehead atoms. The molecule has 128 valence electrons. The van der Waals surface area contributed by atoms with Crippen LogP contribution in [0, 0.1) is 0 Å². The van der Waals surface area contributed by atoms with Crippen molar-refractivity contribution in [3.8, 4) is 11.3 Å². The van der Waals surface area contributed by atoms with E-state index >= 15 is 0 Å². The number of hydrogen-bond donors (Lipinski definition) is 2. The number of carbonyl (C=O) groups is 1. The van der Waals surface area contributed by atoms with Crippen molar-refractivity contribution in [2.24, 2.45) is 0 Å². The number of hydrogen-bond acceptors (Lipinski definition) is 4. The summed E-state index contributed by atoms with van der Waals surface area (Å²) in [6, 6.07) is 14.8. The zero-order chi connectivity index (χ0) is 17.8. The summed E-state index contributed by atoms with van der Waals surface area (Å²) in [4.78, 5) is 11.9. The number of rotatable bonds is 4. The minimum atomic E-state index is -0.418. The molecule has 1 aromatic carbocycles. The van der Waals surface area contributed by atoms with Crippen LogP contribution in [0.3, 0.4) is 0 Å². The van der Waals surface area contributed by atoms with Gasteiger partial charge >= 0.3 is 0 Å². The third-order valence-corrected chi connectivity index (χ3v) is 4.44. The van der Waals surface area contributed by atoms with E-state index in [2.05, 4.69) is 42.5 Å². The average molecular weight is 484 g/mol. The Bertz CT molecular complexity index is 903. The number of benzene rings is 1. The van der Waals surface area contributed by atoms with Gasteiger partial charge in [0.25, 0.3) is 5.91 Å². The van der Waals surface area contributed by atoms with Crippen LogP contribution in [0.25, 0.3) is 11.3 Å². The van der Waals surface area contributed by atoms with Gasteiger partial charge in [0.2, 0.25) is 0 Å². The van der Waals surface area contributed by atoms with Gasteiger partial charge in [-0.25, -0.2) is 0 Å². The second-order valence-electron chi connectivity index (χ2n) is 5.01. The molecule has 0 fully saturated rings. The number of nitrogens with one attached hydrogen (secondary N) is 2. The van der Waals surface area contributed by atoms with E-state index in [4.69, 9.17) is 21.1 Å². The molecule has 3 aromatic rings. The summed E-state index contributed by atoms with van der Waals surface area (Å²) in [5, 5.41) is 5.66. The Morgan fingerprint density at radius 3 is 2.44 bits per heavy atom. The van der Waals surface area contributed by atoms with Gasteiger partial charge in [0, 0.05) is 10.0 Å². The van der Waals surface area contributed by atoms with Crippen molar-refractivity contribution in [1.29, 1.82) is 0 Å². The highest BCUT2D eigenvalue weighted by atomic mass is 79.9. The van der Waals surface area contributed by atoms with E-state index in [9.17, 15) is 4.79 Å². The minimum absolute atomic E-state index is 0.173. The molecule has 25 heavy (non-hydrogen) atoms. The summed E-state index contributed by atoms with van der Waals surface area (Å²) in [6.45, 7) is 0.359. The monoisotopic (exact) mass is 482 g/mol. The molecule has 0 aliphatic carbocycles. The molecule has 1 amide bonds. The molecule has 0 atom stereocenters. The van der Waals surface area contributed by atoms with E-state index in [1.807, 2.05) is 36.4 Å². The minimum Gasteiger partial charge on any atom is -0.459 e. The van der Waals surface area contributed by atoms with E-state index in [1.54, 1.807) is 12.1 Å². The first-order chi connectivity index (χ1) is 12.0. The number of amides is 1. The Balaban J connectivity index is 1.54. The number of thiocarbonyl (C=S) groups is 1. The highest BCUT2D eigenvalue weighted by molar-refractivity contribution is 9.10. The molecule has 2 aromatic heterocycles. The first kappa shape index (κ1) is 17.9. The van der Waals surface area contributed by atoms with Gasteiger partial charge < -0.3 is 14.2 Å². The summed E-state index contributed by atoms with van der Waals surface area (Å²) >= 11 is 11.7. The molecule has 0 aliphatic heterocycles. The fourth-order valence-electron chi connectivity index (χ4n) is 2.05. The molecular formula is C17H12Br2N2O3S. The van der Waals surface area contributed by atoms with Crippen LogP contribution < -0.4 is 10.6 Å². The number of carbonyl (C=O) groups excluding carboxylic acids is 1. The zero-order valence-electron chi connectivity index (χ0n) is 12.7. The Hall–Kier alpha value is -1.90. The fourth-order valence-corrected chi connectivity index (χ4v) is 2.79. The summed E-state index contributed by atoms with van der Waals surface area (Å²) in [6.07, 6.45) is 0. The van der Waals surface area contributed by atoms with Crippen LogP contribution in [0.2, 0.25) is 0 Å². The average Bonchev–Trinajstić information content (AvgIpc) is 3.23. The van der Waals surface area contributed by atoms with Crippen molar-refractivity contribution in [3.05, 3.63) is 69.2 Å². The van der Waals surface area contributed by atoms with Crippen LogP contribution in [0.5, 0.6) is 0 Å². The standard InChI is InChI=1S/C17H12Br2N2O3S/c18-11-3-1-10(2-4-11)13-6-5-12(23-13)9-20-17(25)21-16(22)14-7-8-15(19)24-14/h1-8H,9H2,(H2,20,21,22,25). The maximum Gasteiger partial charge on any atom is 0.293 e. The lowest BCUT2D eigenvalue weighted by atomic mass is 10.2. The van der Waals surface area contributed by atoms with E-state index in [0.29, 0.717) is 17.0 Å². The first-order valence-corrected chi connectivity index (χ1v) is 9.20. The molecule has 0 saturated carbocycles. The molecule has 2 heterocycles. The van der Waals surface area contributed by atoms with Crippen LogP contribution in [0.4, 0.5) is 0 Å². The quantitative estimate of drug-likeness (QED) is 0.518. The maximum absolute atomic E-state index is 11.9. The van der Waals surface area contributed by atoms with Crippen LogP contribution in [-0.4, -0.2) is 11.0 Å². The fraction of sp³-hybridized carbons (Fsp3) is 0.0588. The lowest BCUT2D eigenvalue weighted by molar-refractivity contribution is 0.0948. The third-order valence-electron chi connectivity index (χ3n) is 3.24. The molecule has 0 aliphatic rings. The van der Waals surface area contributed by atoms with Crippen molar-refractivity contribution in [3.63, 3.8) is 0 Å². The lowest BCUT2D eigenvalue weighted by Gasteiger charge is -2.07.